The number of carbonyl (C=O) groups is 1. The molecule has 0 aromatic heterocycles. The second-order valence-electron chi connectivity index (χ2n) is 2.76. The molecule has 1 aliphatic rings. The van der Waals surface area contributed by atoms with E-state index in [0.717, 1.165) is 0 Å². The molecule has 0 fully saturated rings. The van der Waals surface area contributed by atoms with Crippen molar-refractivity contribution in [2.45, 2.75) is 6.23 Å². The van der Waals surface area contributed by atoms with Crippen LogP contribution in [0.5, 0.6) is 5.75 Å². The highest BCUT2D eigenvalue weighted by molar-refractivity contribution is 5.72. The Hall–Kier alpha value is -2.11. The van der Waals surface area contributed by atoms with E-state index in [1.165, 1.54) is 18.2 Å². The number of anilines is 1. The third kappa shape index (κ3) is 1.26. The van der Waals surface area contributed by atoms with Crippen LogP contribution in [0, 0.1) is 10.1 Å². The van der Waals surface area contributed by atoms with Crippen LogP contribution in [0.15, 0.2) is 18.2 Å². The Morgan fingerprint density at radius 2 is 2.36 bits per heavy atom. The van der Waals surface area contributed by atoms with Crippen LogP contribution in [0.2, 0.25) is 0 Å². The maximum atomic E-state index is 10.4. The van der Waals surface area contributed by atoms with Crippen molar-refractivity contribution in [3.8, 4) is 5.75 Å². The van der Waals surface area contributed by atoms with Crippen LogP contribution < -0.4 is 10.1 Å². The maximum absolute atomic E-state index is 10.4. The van der Waals surface area contributed by atoms with Crippen molar-refractivity contribution in [1.29, 1.82) is 0 Å². The van der Waals surface area contributed by atoms with Crippen LogP contribution in [0.1, 0.15) is 0 Å². The largest absolute Gasteiger partial charge is 0.461 e. The zero-order valence-electron chi connectivity index (χ0n) is 6.97. The minimum Gasteiger partial charge on any atom is -0.461 e. The molecule has 0 amide bonds. The second-order valence-corrected chi connectivity index (χ2v) is 2.76. The van der Waals surface area contributed by atoms with Crippen molar-refractivity contribution in [3.63, 3.8) is 0 Å². The molecule has 1 atom stereocenters. The van der Waals surface area contributed by atoms with Gasteiger partial charge in [-0.2, -0.15) is 0 Å². The first-order chi connectivity index (χ1) is 6.70. The number of non-ortho nitro benzene ring substituents is 1. The summed E-state index contributed by atoms with van der Waals surface area (Å²) in [5, 5.41) is 13.1. The molecule has 1 aliphatic heterocycles. The van der Waals surface area contributed by atoms with Gasteiger partial charge in [-0.15, -0.1) is 0 Å². The Kier molecular flexibility index (Phi) is 1.81. The van der Waals surface area contributed by atoms with Gasteiger partial charge in [0.2, 0.25) is 6.23 Å². The van der Waals surface area contributed by atoms with Gasteiger partial charge < -0.3 is 10.1 Å². The number of aldehydes is 1. The van der Waals surface area contributed by atoms with Crippen molar-refractivity contribution in [2.75, 3.05) is 5.32 Å². The molecule has 0 saturated carbocycles. The summed E-state index contributed by atoms with van der Waals surface area (Å²) in [7, 11) is 0. The third-order valence-corrected chi connectivity index (χ3v) is 1.85. The number of fused-ring (bicyclic) bond motifs is 1. The van der Waals surface area contributed by atoms with Gasteiger partial charge in [-0.25, -0.2) is 0 Å². The summed E-state index contributed by atoms with van der Waals surface area (Å²) >= 11 is 0. The van der Waals surface area contributed by atoms with Gasteiger partial charge in [-0.1, -0.05) is 0 Å². The van der Waals surface area contributed by atoms with Crippen LogP contribution in [0.4, 0.5) is 11.4 Å². The number of ether oxygens (including phenoxy) is 1. The lowest BCUT2D eigenvalue weighted by atomic mass is 10.2. The lowest BCUT2D eigenvalue weighted by molar-refractivity contribution is -0.384. The molecule has 1 N–H and O–H groups in total. The number of hydrogen-bond donors (Lipinski definition) is 1. The Bertz CT molecular complexity index is 404. The molecule has 1 aromatic carbocycles. The molecule has 0 spiro atoms. The van der Waals surface area contributed by atoms with Crippen molar-refractivity contribution in [1.82, 2.24) is 0 Å². The van der Waals surface area contributed by atoms with E-state index >= 15 is 0 Å². The van der Waals surface area contributed by atoms with E-state index in [9.17, 15) is 14.9 Å². The van der Waals surface area contributed by atoms with Crippen LogP contribution in [0.3, 0.4) is 0 Å². The standard InChI is InChI=1S/C8H6N2O4/c11-4-8-9-6-3-5(10(12)13)1-2-7(6)14-8/h1-4,8-9H. The Balaban J connectivity index is 2.35. The van der Waals surface area contributed by atoms with E-state index in [4.69, 9.17) is 4.74 Å². The number of hydrogen-bond acceptors (Lipinski definition) is 5. The molecule has 1 aromatic rings. The number of nitro groups is 1. The zero-order chi connectivity index (χ0) is 10.1. The molecule has 0 bridgehead atoms. The molecule has 0 aliphatic carbocycles. The monoisotopic (exact) mass is 194 g/mol. The summed E-state index contributed by atoms with van der Waals surface area (Å²) in [4.78, 5) is 20.3. The van der Waals surface area contributed by atoms with E-state index in [1.54, 1.807) is 0 Å². The molecule has 6 heteroatoms. The first-order valence-electron chi connectivity index (χ1n) is 3.87. The van der Waals surface area contributed by atoms with Crippen molar-refractivity contribution < 1.29 is 14.5 Å². The van der Waals surface area contributed by atoms with Gasteiger partial charge in [0, 0.05) is 12.1 Å². The van der Waals surface area contributed by atoms with E-state index in [-0.39, 0.29) is 5.69 Å². The van der Waals surface area contributed by atoms with Gasteiger partial charge in [0.1, 0.15) is 5.75 Å². The fourth-order valence-electron chi connectivity index (χ4n) is 1.23. The van der Waals surface area contributed by atoms with Crippen LogP contribution in [-0.2, 0) is 4.79 Å². The fraction of sp³-hybridized carbons (Fsp3) is 0.125. The maximum Gasteiger partial charge on any atom is 0.271 e. The SMILES string of the molecule is O=CC1Nc2cc([N+](=O)[O-])ccc2O1. The molecule has 14 heavy (non-hydrogen) atoms. The average Bonchev–Trinajstić information content (AvgIpc) is 2.58. The molecular weight excluding hydrogens is 188 g/mol. The van der Waals surface area contributed by atoms with E-state index in [2.05, 4.69) is 5.32 Å². The van der Waals surface area contributed by atoms with Crippen LogP contribution in [-0.4, -0.2) is 17.4 Å². The van der Waals surface area contributed by atoms with E-state index in [1.807, 2.05) is 0 Å². The first-order valence-corrected chi connectivity index (χ1v) is 3.87. The summed E-state index contributed by atoms with van der Waals surface area (Å²) in [5.41, 5.74) is 0.433. The fourth-order valence-corrected chi connectivity index (χ4v) is 1.23. The summed E-state index contributed by atoms with van der Waals surface area (Å²) in [6, 6.07) is 4.12. The summed E-state index contributed by atoms with van der Waals surface area (Å²) < 4.78 is 5.09. The number of benzene rings is 1. The van der Waals surface area contributed by atoms with Gasteiger partial charge >= 0.3 is 0 Å². The predicted octanol–water partition coefficient (Wildman–Crippen LogP) is 0.924. The number of nitrogens with zero attached hydrogens (tertiary/aromatic N) is 1. The predicted molar refractivity (Wildman–Crippen MR) is 47.2 cm³/mol. The quantitative estimate of drug-likeness (QED) is 0.430. The van der Waals surface area contributed by atoms with Crippen LogP contribution >= 0.6 is 0 Å². The average molecular weight is 194 g/mol. The normalized spacial score (nSPS) is 17.9. The zero-order valence-corrected chi connectivity index (χ0v) is 6.97. The Morgan fingerprint density at radius 1 is 1.57 bits per heavy atom. The van der Waals surface area contributed by atoms with Crippen molar-refractivity contribution in [2.24, 2.45) is 0 Å². The number of rotatable bonds is 2. The Labute approximate surface area is 78.6 Å². The van der Waals surface area contributed by atoms with Crippen molar-refractivity contribution >= 4 is 17.7 Å². The highest BCUT2D eigenvalue weighted by atomic mass is 16.6. The number of nitro benzene ring substituents is 1. The highest BCUT2D eigenvalue weighted by Crippen LogP contribution is 2.34. The minimum absolute atomic E-state index is 0.0357. The lowest BCUT2D eigenvalue weighted by Gasteiger charge is -1.99. The summed E-state index contributed by atoms with van der Waals surface area (Å²) in [5.74, 6) is 0.452. The molecule has 72 valence electrons. The topological polar surface area (TPSA) is 81.5 Å². The molecule has 2 rings (SSSR count). The minimum atomic E-state index is -0.744. The highest BCUT2D eigenvalue weighted by Gasteiger charge is 2.23. The Morgan fingerprint density at radius 3 is 3.00 bits per heavy atom. The van der Waals surface area contributed by atoms with Gasteiger partial charge in [-0.05, 0) is 6.07 Å². The van der Waals surface area contributed by atoms with Gasteiger partial charge in [0.15, 0.2) is 6.29 Å². The van der Waals surface area contributed by atoms with Crippen molar-refractivity contribution in [3.05, 3.63) is 28.3 Å². The third-order valence-electron chi connectivity index (χ3n) is 1.85. The molecule has 0 radical (unpaired) electrons. The second kappa shape index (κ2) is 2.99. The lowest BCUT2D eigenvalue weighted by Crippen LogP contribution is -2.20. The molecule has 1 heterocycles. The first kappa shape index (κ1) is 8.49. The van der Waals surface area contributed by atoms with Crippen LogP contribution in [0.25, 0.3) is 0 Å². The van der Waals surface area contributed by atoms with Gasteiger partial charge in [0.05, 0.1) is 10.6 Å². The molecule has 6 nitrogen and oxygen atoms in total. The van der Waals surface area contributed by atoms with Gasteiger partial charge in [-0.3, -0.25) is 14.9 Å². The number of nitrogens with one attached hydrogen (secondary N) is 1. The molecular formula is C8H6N2O4. The summed E-state index contributed by atoms with van der Waals surface area (Å²) in [6.07, 6.45) is -0.154. The van der Waals surface area contributed by atoms with Gasteiger partial charge in [0.25, 0.3) is 5.69 Å². The van der Waals surface area contributed by atoms with E-state index in [0.29, 0.717) is 17.7 Å². The molecule has 1 unspecified atom stereocenters. The smallest absolute Gasteiger partial charge is 0.271 e. The summed E-state index contributed by atoms with van der Waals surface area (Å²) in [6.45, 7) is 0. The van der Waals surface area contributed by atoms with E-state index < -0.39 is 11.2 Å². The molecule has 0 saturated heterocycles. The number of carbonyl (C=O) groups excluding carboxylic acids is 1.